The summed E-state index contributed by atoms with van der Waals surface area (Å²) in [7, 11) is 0. The van der Waals surface area contributed by atoms with Gasteiger partial charge in [-0.1, -0.05) is 43.7 Å². The van der Waals surface area contributed by atoms with Gasteiger partial charge in [0.2, 0.25) is 11.7 Å². The van der Waals surface area contributed by atoms with Crippen LogP contribution in [-0.4, -0.2) is 53.4 Å². The van der Waals surface area contributed by atoms with Crippen LogP contribution in [0, 0.1) is 22.7 Å². The van der Waals surface area contributed by atoms with E-state index in [1.54, 1.807) is 11.0 Å². The minimum absolute atomic E-state index is 0.0228. The molecule has 2 fully saturated rings. The lowest BCUT2D eigenvalue weighted by Gasteiger charge is -2.36. The number of hydrogen-bond acceptors (Lipinski definition) is 5. The molecule has 7 nitrogen and oxygen atoms in total. The van der Waals surface area contributed by atoms with Crippen molar-refractivity contribution >= 4 is 17.4 Å². The van der Waals surface area contributed by atoms with Gasteiger partial charge in [-0.25, -0.2) is 4.39 Å². The van der Waals surface area contributed by atoms with Crippen LogP contribution in [0.3, 0.4) is 0 Å². The van der Waals surface area contributed by atoms with Crippen molar-refractivity contribution in [1.29, 1.82) is 10.9 Å². The molecule has 2 aliphatic heterocycles. The van der Waals surface area contributed by atoms with Gasteiger partial charge in [-0.2, -0.15) is 23.7 Å². The number of piperidine rings is 1. The molecule has 2 atom stereocenters. The highest BCUT2D eigenvalue weighted by Gasteiger charge is 2.40. The number of carbonyl (C=O) groups is 1. The second-order valence-electron chi connectivity index (χ2n) is 11.5. The normalized spacial score (nSPS) is 21.2. The molecule has 228 valence electrons. The highest BCUT2D eigenvalue weighted by atomic mass is 19.4. The van der Waals surface area contributed by atoms with Gasteiger partial charge < -0.3 is 9.80 Å². The van der Waals surface area contributed by atoms with E-state index in [9.17, 15) is 22.4 Å². The maximum Gasteiger partial charge on any atom is 0.451 e. The van der Waals surface area contributed by atoms with Crippen LogP contribution in [0.2, 0.25) is 0 Å². The molecular formula is C31H40F4N6O. The number of anilines is 1. The highest BCUT2D eigenvalue weighted by Crippen LogP contribution is 2.36. The Morgan fingerprint density at radius 2 is 1.67 bits per heavy atom. The Morgan fingerprint density at radius 3 is 2.29 bits per heavy atom. The summed E-state index contributed by atoms with van der Waals surface area (Å²) in [5.74, 6) is -1.52. The van der Waals surface area contributed by atoms with Gasteiger partial charge in [0, 0.05) is 25.0 Å². The van der Waals surface area contributed by atoms with E-state index >= 15 is 0 Å². The number of nitrogens with one attached hydrogen (secondary N) is 2. The molecule has 2 heterocycles. The van der Waals surface area contributed by atoms with Crippen molar-refractivity contribution < 1.29 is 22.4 Å². The van der Waals surface area contributed by atoms with Gasteiger partial charge in [-0.05, 0) is 98.5 Å². The summed E-state index contributed by atoms with van der Waals surface area (Å²) in [5, 5.41) is 10.5. The van der Waals surface area contributed by atoms with Gasteiger partial charge in [0.25, 0.3) is 0 Å². The summed E-state index contributed by atoms with van der Waals surface area (Å²) >= 11 is 0. The first kappa shape index (κ1) is 31.6. The maximum absolute atomic E-state index is 13.5. The first-order valence-corrected chi connectivity index (χ1v) is 14.8. The molecular weight excluding hydrogens is 548 g/mol. The topological polar surface area (TPSA) is 86.9 Å². The Hall–Kier alpha value is -3.34. The third kappa shape index (κ3) is 7.35. The summed E-state index contributed by atoms with van der Waals surface area (Å²) in [6.07, 6.45) is 1.53. The smallest absolute Gasteiger partial charge is 0.338 e. The number of carbonyl (C=O) groups excluding carboxylic acids is 1. The fourth-order valence-corrected chi connectivity index (χ4v) is 6.32. The molecule has 1 amide bonds. The van der Waals surface area contributed by atoms with Crippen molar-refractivity contribution in [3.05, 3.63) is 65.0 Å². The third-order valence-corrected chi connectivity index (χ3v) is 8.48. The Bertz CT molecular complexity index is 1240. The van der Waals surface area contributed by atoms with Crippen LogP contribution in [0.5, 0.6) is 0 Å². The minimum atomic E-state index is -4.93. The van der Waals surface area contributed by atoms with Crippen molar-refractivity contribution in [3.8, 4) is 0 Å². The molecule has 0 bridgehead atoms. The first-order valence-electron chi connectivity index (χ1n) is 14.8. The summed E-state index contributed by atoms with van der Waals surface area (Å²) in [5.41, 5.74) is 9.98. The maximum atomic E-state index is 13.5. The molecule has 2 aromatic rings. The number of halogens is 4. The molecule has 5 rings (SSSR count). The van der Waals surface area contributed by atoms with Gasteiger partial charge in [-0.15, -0.1) is 0 Å². The molecule has 3 aliphatic rings. The number of hydrogen-bond donors (Lipinski definition) is 2. The number of benzene rings is 2. The van der Waals surface area contributed by atoms with Crippen LogP contribution >= 0.6 is 0 Å². The molecule has 1 aliphatic carbocycles. The molecule has 11 heteroatoms. The van der Waals surface area contributed by atoms with Gasteiger partial charge in [0.1, 0.15) is 5.82 Å². The lowest BCUT2D eigenvalue weighted by atomic mass is 9.88. The fraction of sp³-hybridized carbons (Fsp3) is 0.548. The van der Waals surface area contributed by atoms with Crippen LogP contribution in [0.4, 0.5) is 23.2 Å². The van der Waals surface area contributed by atoms with Crippen LogP contribution in [0.25, 0.3) is 0 Å². The number of nitrogens with zero attached hydrogens (tertiary/aromatic N) is 4. The summed E-state index contributed by atoms with van der Waals surface area (Å²) in [6, 6.07) is 11.8. The Kier molecular flexibility index (Phi) is 10.3. The third-order valence-electron chi connectivity index (χ3n) is 8.48. The summed E-state index contributed by atoms with van der Waals surface area (Å²) in [4.78, 5) is 17.7. The quantitative estimate of drug-likeness (QED) is 0.125. The fourth-order valence-electron chi connectivity index (χ4n) is 6.32. The number of alkyl halides is 3. The second kappa shape index (κ2) is 13.8. The molecule has 0 spiro atoms. The molecule has 1 saturated heterocycles. The Morgan fingerprint density at radius 1 is 1.00 bits per heavy atom. The summed E-state index contributed by atoms with van der Waals surface area (Å²) < 4.78 is 52.4. The van der Waals surface area contributed by atoms with E-state index < -0.39 is 12.0 Å². The van der Waals surface area contributed by atoms with E-state index in [2.05, 4.69) is 24.0 Å². The van der Waals surface area contributed by atoms with Crippen LogP contribution < -0.4 is 5.01 Å². The average Bonchev–Trinajstić information content (AvgIpc) is 3.48. The largest absolute Gasteiger partial charge is 0.451 e. The zero-order valence-electron chi connectivity index (χ0n) is 24.3. The van der Waals surface area contributed by atoms with Crippen molar-refractivity contribution in [1.82, 2.24) is 9.80 Å². The molecule has 42 heavy (non-hydrogen) atoms. The van der Waals surface area contributed by atoms with E-state index in [1.807, 2.05) is 12.1 Å². The van der Waals surface area contributed by atoms with Crippen molar-refractivity contribution in [2.24, 2.45) is 11.1 Å². The molecule has 2 aromatic carbocycles. The number of rotatable bonds is 5. The average molecular weight is 589 g/mol. The zero-order valence-corrected chi connectivity index (χ0v) is 24.3. The van der Waals surface area contributed by atoms with Crippen LogP contribution in [-0.2, 0) is 17.8 Å². The summed E-state index contributed by atoms with van der Waals surface area (Å²) in [6.45, 7) is 7.01. The monoisotopic (exact) mass is 588 g/mol. The zero-order chi connectivity index (χ0) is 30.4. The van der Waals surface area contributed by atoms with Crippen molar-refractivity contribution in [2.75, 3.05) is 24.6 Å². The van der Waals surface area contributed by atoms with E-state index in [-0.39, 0.29) is 34.9 Å². The van der Waals surface area contributed by atoms with Gasteiger partial charge in [0.05, 0.1) is 5.69 Å². The van der Waals surface area contributed by atoms with E-state index in [4.69, 9.17) is 10.9 Å². The van der Waals surface area contributed by atoms with E-state index in [0.29, 0.717) is 30.5 Å². The van der Waals surface area contributed by atoms with E-state index in [1.165, 1.54) is 36.2 Å². The number of fused-ring (bicyclic) bond motifs is 1. The molecule has 0 radical (unpaired) electrons. The highest BCUT2D eigenvalue weighted by molar-refractivity contribution is 5.98. The standard InChI is InChI=1S/C28H32F4N6O.C3H8/c29-23-5-1-18(2-6-23)20-9-12-36(13-10-20)24-7-4-21(15-24)26(39)37-14-11-19-3-8-25(16-22(19)17-37)38(35-34)27(33)28(30,31)32;1-3-2/h1-3,5-6,8,16,20-21,24,33-34H,4,7,9-15,17H2;3H2,1-2H3. The van der Waals surface area contributed by atoms with E-state index in [0.717, 1.165) is 50.8 Å². The number of amidine groups is 1. The number of amides is 1. The molecule has 0 aromatic heterocycles. The second-order valence-corrected chi connectivity index (χ2v) is 11.5. The van der Waals surface area contributed by atoms with Crippen molar-refractivity contribution in [2.45, 2.75) is 83.5 Å². The lowest BCUT2D eigenvalue weighted by Crippen LogP contribution is -2.42. The van der Waals surface area contributed by atoms with Crippen LogP contribution in [0.15, 0.2) is 47.7 Å². The molecule has 1 saturated carbocycles. The van der Waals surface area contributed by atoms with Crippen LogP contribution in [0.1, 0.15) is 75.0 Å². The number of likely N-dealkylation sites (tertiary alicyclic amines) is 1. The SMILES string of the molecule is CCC.N=NN(C(=N)C(F)(F)F)c1ccc2c(c1)CN(C(=O)C1CCC(N3CCC(c4ccc(F)cc4)CC3)C1)CC2. The Labute approximate surface area is 244 Å². The minimum Gasteiger partial charge on any atom is -0.338 e. The Balaban J connectivity index is 0.00000129. The molecule has 2 unspecified atom stereocenters. The lowest BCUT2D eigenvalue weighted by molar-refractivity contribution is -0.136. The van der Waals surface area contributed by atoms with Crippen molar-refractivity contribution in [3.63, 3.8) is 0 Å². The van der Waals surface area contributed by atoms with Gasteiger partial charge in [-0.3, -0.25) is 10.2 Å². The van der Waals surface area contributed by atoms with Gasteiger partial charge in [0.15, 0.2) is 0 Å². The predicted octanol–water partition coefficient (Wildman–Crippen LogP) is 7.47. The predicted molar refractivity (Wildman–Crippen MR) is 154 cm³/mol. The molecule has 2 N–H and O–H groups in total. The van der Waals surface area contributed by atoms with Gasteiger partial charge >= 0.3 is 6.18 Å². The first-order chi connectivity index (χ1) is 20.0.